The average molecular weight is 530 g/mol. The van der Waals surface area contributed by atoms with E-state index in [1.165, 1.54) is 4.31 Å². The predicted octanol–water partition coefficient (Wildman–Crippen LogP) is 2.99. The highest BCUT2D eigenvalue weighted by molar-refractivity contribution is 7.90. The fraction of sp³-hybridized carbons (Fsp3) is 0.519. The van der Waals surface area contributed by atoms with Gasteiger partial charge in [0.1, 0.15) is 18.0 Å². The summed E-state index contributed by atoms with van der Waals surface area (Å²) in [4.78, 5) is 15.0. The number of hydrogen-bond acceptors (Lipinski definition) is 6. The number of carbonyl (C=O) groups is 1. The van der Waals surface area contributed by atoms with Crippen LogP contribution in [0.25, 0.3) is 0 Å². The van der Waals surface area contributed by atoms with Gasteiger partial charge in [0.25, 0.3) is 5.91 Å². The second-order valence-electron chi connectivity index (χ2n) is 10.5. The van der Waals surface area contributed by atoms with Crippen molar-refractivity contribution >= 4 is 21.8 Å². The van der Waals surface area contributed by atoms with Crippen molar-refractivity contribution in [1.29, 1.82) is 0 Å². The molecule has 3 saturated heterocycles. The summed E-state index contributed by atoms with van der Waals surface area (Å²) < 4.78 is 47.7. The molecule has 0 bridgehead atoms. The minimum atomic E-state index is -3.70. The summed E-state index contributed by atoms with van der Waals surface area (Å²) in [7, 11) is -2.09. The zero-order valence-electron chi connectivity index (χ0n) is 21.6. The number of hydrogen-bond donors (Lipinski definition) is 1. The number of nitrogens with zero attached hydrogens (tertiary/aromatic N) is 2. The van der Waals surface area contributed by atoms with Crippen molar-refractivity contribution in [2.75, 3.05) is 51.2 Å². The Bertz CT molecular complexity index is 1260. The molecule has 0 aliphatic carbocycles. The number of likely N-dealkylation sites (tertiary alicyclic amines) is 1. The van der Waals surface area contributed by atoms with Gasteiger partial charge in [-0.3, -0.25) is 9.52 Å². The predicted molar refractivity (Wildman–Crippen MR) is 140 cm³/mol. The molecule has 9 nitrogen and oxygen atoms in total. The van der Waals surface area contributed by atoms with E-state index in [1.54, 1.807) is 36.3 Å². The van der Waals surface area contributed by atoms with Gasteiger partial charge in [0, 0.05) is 43.9 Å². The molecule has 0 aromatic heterocycles. The van der Waals surface area contributed by atoms with Gasteiger partial charge in [-0.25, -0.2) is 0 Å². The van der Waals surface area contributed by atoms with E-state index >= 15 is 0 Å². The maximum atomic E-state index is 13.2. The SMILES string of the molecule is CO[C@@H]1CN(C(=O)c2cc(C)ccc2C)C[C@H]1Oc1cccc(NS(=O)(=O)N2CCC3(CCOC3)C2)c1. The van der Waals surface area contributed by atoms with Crippen molar-refractivity contribution in [3.63, 3.8) is 0 Å². The molecular weight excluding hydrogens is 494 g/mol. The number of nitrogens with one attached hydrogen (secondary N) is 1. The lowest BCUT2D eigenvalue weighted by Gasteiger charge is -2.22. The maximum absolute atomic E-state index is 13.2. The van der Waals surface area contributed by atoms with Crippen LogP contribution in [0.5, 0.6) is 5.75 Å². The molecule has 37 heavy (non-hydrogen) atoms. The Balaban J connectivity index is 1.25. The van der Waals surface area contributed by atoms with Crippen molar-refractivity contribution in [2.24, 2.45) is 5.41 Å². The fourth-order valence-corrected chi connectivity index (χ4v) is 6.81. The first-order valence-corrected chi connectivity index (χ1v) is 14.1. The van der Waals surface area contributed by atoms with Crippen LogP contribution in [-0.4, -0.2) is 82.2 Å². The third-order valence-electron chi connectivity index (χ3n) is 7.73. The van der Waals surface area contributed by atoms with E-state index in [9.17, 15) is 13.2 Å². The molecule has 3 aliphatic heterocycles. The molecule has 1 unspecified atom stereocenters. The lowest BCUT2D eigenvalue weighted by molar-refractivity contribution is 0.0340. The number of ether oxygens (including phenoxy) is 3. The van der Waals surface area contributed by atoms with E-state index in [4.69, 9.17) is 14.2 Å². The van der Waals surface area contributed by atoms with Crippen molar-refractivity contribution in [1.82, 2.24) is 9.21 Å². The second-order valence-corrected chi connectivity index (χ2v) is 12.2. The normalized spacial score (nSPS) is 26.2. The van der Waals surface area contributed by atoms with Gasteiger partial charge in [-0.1, -0.05) is 23.8 Å². The van der Waals surface area contributed by atoms with E-state index in [0.717, 1.165) is 24.0 Å². The smallest absolute Gasteiger partial charge is 0.301 e. The molecule has 2 aromatic carbocycles. The zero-order valence-corrected chi connectivity index (χ0v) is 22.4. The van der Waals surface area contributed by atoms with E-state index in [0.29, 0.717) is 56.4 Å². The molecule has 0 radical (unpaired) electrons. The molecule has 3 fully saturated rings. The molecule has 2 aromatic rings. The Kier molecular flexibility index (Phi) is 7.19. The quantitative estimate of drug-likeness (QED) is 0.592. The highest BCUT2D eigenvalue weighted by Gasteiger charge is 2.45. The molecular formula is C27H35N3O6S. The van der Waals surface area contributed by atoms with E-state index in [1.807, 2.05) is 32.0 Å². The van der Waals surface area contributed by atoms with Crippen molar-refractivity contribution < 1.29 is 27.4 Å². The van der Waals surface area contributed by atoms with E-state index in [2.05, 4.69) is 4.72 Å². The van der Waals surface area contributed by atoms with Crippen molar-refractivity contribution in [2.45, 2.75) is 38.9 Å². The highest BCUT2D eigenvalue weighted by atomic mass is 32.2. The van der Waals surface area contributed by atoms with Gasteiger partial charge in [0.05, 0.1) is 25.4 Å². The first kappa shape index (κ1) is 26.0. The minimum Gasteiger partial charge on any atom is -0.486 e. The van der Waals surface area contributed by atoms with Crippen LogP contribution < -0.4 is 9.46 Å². The Hall–Kier alpha value is -2.66. The monoisotopic (exact) mass is 529 g/mol. The Morgan fingerprint density at radius 1 is 1.11 bits per heavy atom. The summed E-state index contributed by atoms with van der Waals surface area (Å²) in [6.45, 7) is 6.96. The molecule has 10 heteroatoms. The minimum absolute atomic E-state index is 0.0492. The van der Waals surface area contributed by atoms with E-state index < -0.39 is 10.2 Å². The number of anilines is 1. The van der Waals surface area contributed by atoms with Crippen molar-refractivity contribution in [3.05, 3.63) is 59.2 Å². The van der Waals surface area contributed by atoms with Crippen LogP contribution in [0.2, 0.25) is 0 Å². The fourth-order valence-electron chi connectivity index (χ4n) is 5.48. The summed E-state index contributed by atoms with van der Waals surface area (Å²) in [5.74, 6) is 0.460. The van der Waals surface area contributed by atoms with Crippen LogP contribution in [-0.2, 0) is 19.7 Å². The van der Waals surface area contributed by atoms with Gasteiger partial charge < -0.3 is 19.1 Å². The van der Waals surface area contributed by atoms with Gasteiger partial charge in [-0.05, 0) is 50.5 Å². The summed E-state index contributed by atoms with van der Waals surface area (Å²) in [6, 6.07) is 12.8. The highest BCUT2D eigenvalue weighted by Crippen LogP contribution is 2.39. The number of rotatable bonds is 7. The van der Waals surface area contributed by atoms with Gasteiger partial charge in [0.15, 0.2) is 0 Å². The number of carbonyl (C=O) groups excluding carboxylic acids is 1. The molecule has 3 heterocycles. The molecule has 1 amide bonds. The Morgan fingerprint density at radius 2 is 1.92 bits per heavy atom. The molecule has 3 aliphatic rings. The largest absolute Gasteiger partial charge is 0.486 e. The van der Waals surface area contributed by atoms with E-state index in [-0.39, 0.29) is 23.5 Å². The van der Waals surface area contributed by atoms with Gasteiger partial charge in [-0.2, -0.15) is 12.7 Å². The number of amides is 1. The van der Waals surface area contributed by atoms with Gasteiger partial charge >= 0.3 is 10.2 Å². The van der Waals surface area contributed by atoms with Crippen molar-refractivity contribution in [3.8, 4) is 5.75 Å². The number of methoxy groups -OCH3 is 1. The number of benzene rings is 2. The van der Waals surface area contributed by atoms with Crippen LogP contribution in [0.15, 0.2) is 42.5 Å². The summed E-state index contributed by atoms with van der Waals surface area (Å²) in [5.41, 5.74) is 3.01. The van der Waals surface area contributed by atoms with Crippen LogP contribution in [0.4, 0.5) is 5.69 Å². The Morgan fingerprint density at radius 3 is 2.68 bits per heavy atom. The van der Waals surface area contributed by atoms with Gasteiger partial charge in [-0.15, -0.1) is 0 Å². The summed E-state index contributed by atoms with van der Waals surface area (Å²) in [5, 5.41) is 0. The molecule has 1 N–H and O–H groups in total. The van der Waals surface area contributed by atoms with Gasteiger partial charge in [0.2, 0.25) is 0 Å². The third-order valence-corrected chi connectivity index (χ3v) is 9.21. The molecule has 0 saturated carbocycles. The standard InChI is InChI=1S/C27H35N3O6S/c1-19-7-8-20(2)23(13-19)26(31)29-15-24(34-3)25(16-29)36-22-6-4-5-21(14-22)28-37(32,33)30-11-9-27(17-30)10-12-35-18-27/h4-8,13-14,24-25,28H,9-12,15-18H2,1-3H3/t24-,25-,27?/m1/s1. The van der Waals surface area contributed by atoms with Crippen LogP contribution in [0.3, 0.4) is 0 Å². The first-order valence-electron chi connectivity index (χ1n) is 12.7. The lowest BCUT2D eigenvalue weighted by Crippen LogP contribution is -2.36. The number of aryl methyl sites for hydroxylation is 2. The Labute approximate surface area is 218 Å². The lowest BCUT2D eigenvalue weighted by atomic mass is 9.87. The first-order chi connectivity index (χ1) is 17.7. The van der Waals surface area contributed by atoms with Crippen LogP contribution in [0, 0.1) is 19.3 Å². The summed E-state index contributed by atoms with van der Waals surface area (Å²) >= 11 is 0. The molecule has 5 rings (SSSR count). The third kappa shape index (κ3) is 5.47. The zero-order chi connectivity index (χ0) is 26.2. The molecule has 200 valence electrons. The van der Waals surface area contributed by atoms with Crippen LogP contribution in [0.1, 0.15) is 34.3 Å². The molecule has 1 spiro atoms. The summed E-state index contributed by atoms with van der Waals surface area (Å²) in [6.07, 6.45) is 1.03. The topological polar surface area (TPSA) is 97.4 Å². The second kappa shape index (κ2) is 10.2. The molecule has 3 atom stereocenters. The maximum Gasteiger partial charge on any atom is 0.301 e. The average Bonchev–Trinajstić information content (AvgIpc) is 3.61. The van der Waals surface area contributed by atoms with Crippen LogP contribution >= 0.6 is 0 Å².